The van der Waals surface area contributed by atoms with E-state index in [9.17, 15) is 0 Å². The van der Waals surface area contributed by atoms with Crippen LogP contribution in [-0.4, -0.2) is 0 Å². The van der Waals surface area contributed by atoms with Gasteiger partial charge < -0.3 is 9.80 Å². The van der Waals surface area contributed by atoms with Crippen molar-refractivity contribution in [3.8, 4) is 22.3 Å². The summed E-state index contributed by atoms with van der Waals surface area (Å²) >= 11 is 0. The summed E-state index contributed by atoms with van der Waals surface area (Å²) in [7, 11) is 0. The van der Waals surface area contributed by atoms with Crippen LogP contribution in [0.4, 0.5) is 34.1 Å². The Balaban J connectivity index is 0.935. The topological polar surface area (TPSA) is 6.48 Å². The Morgan fingerprint density at radius 3 is 1.44 bits per heavy atom. The smallest absolute Gasteiger partial charge is 0.0540 e. The van der Waals surface area contributed by atoms with Gasteiger partial charge in [0.2, 0.25) is 0 Å². The fourth-order valence-corrected chi connectivity index (χ4v) is 10.2. The molecule has 0 atom stereocenters. The number of hydrogen-bond donors (Lipinski definition) is 0. The number of fused-ring (bicyclic) bond motifs is 7. The van der Waals surface area contributed by atoms with Crippen molar-refractivity contribution in [1.82, 2.24) is 0 Å². The molecule has 0 N–H and O–H groups in total. The number of rotatable bonds is 8. The van der Waals surface area contributed by atoms with Crippen LogP contribution in [0.3, 0.4) is 0 Å². The maximum absolute atomic E-state index is 2.49. The largest absolute Gasteiger partial charge is 0.311 e. The summed E-state index contributed by atoms with van der Waals surface area (Å²) in [4.78, 5) is 4.78. The first-order valence-electron chi connectivity index (χ1n) is 21.8. The second kappa shape index (κ2) is 14.6. The van der Waals surface area contributed by atoms with Gasteiger partial charge in [-0.2, -0.15) is 0 Å². The minimum absolute atomic E-state index is 0.102. The summed E-state index contributed by atoms with van der Waals surface area (Å²) in [6.45, 7) is 9.50. The van der Waals surface area contributed by atoms with E-state index in [0.717, 1.165) is 28.3 Å². The molecule has 62 heavy (non-hydrogen) atoms. The molecule has 9 aromatic carbocycles. The van der Waals surface area contributed by atoms with E-state index in [1.165, 1.54) is 72.2 Å². The summed E-state index contributed by atoms with van der Waals surface area (Å²) < 4.78 is 0. The molecule has 0 spiro atoms. The van der Waals surface area contributed by atoms with E-state index in [1.54, 1.807) is 0 Å². The van der Waals surface area contributed by atoms with E-state index in [0.29, 0.717) is 0 Å². The quantitative estimate of drug-likeness (QED) is 0.141. The first-order chi connectivity index (χ1) is 30.3. The highest BCUT2D eigenvalue weighted by Gasteiger charge is 2.38. The van der Waals surface area contributed by atoms with Gasteiger partial charge in [-0.3, -0.25) is 0 Å². The normalized spacial score (nSPS) is 14.0. The minimum Gasteiger partial charge on any atom is -0.311 e. The van der Waals surface area contributed by atoms with Crippen molar-refractivity contribution in [3.05, 3.63) is 240 Å². The number of benzene rings is 9. The van der Waals surface area contributed by atoms with Gasteiger partial charge in [0, 0.05) is 44.7 Å². The fourth-order valence-electron chi connectivity index (χ4n) is 10.2. The van der Waals surface area contributed by atoms with Crippen LogP contribution in [0.15, 0.2) is 206 Å². The van der Waals surface area contributed by atoms with Gasteiger partial charge in [0.1, 0.15) is 0 Å². The fraction of sp³-hybridized carbons (Fsp3) is 0.100. The van der Waals surface area contributed by atoms with Crippen molar-refractivity contribution in [2.75, 3.05) is 9.80 Å². The molecule has 0 saturated carbocycles. The molecule has 2 nitrogen and oxygen atoms in total. The second-order valence-electron chi connectivity index (χ2n) is 17.8. The van der Waals surface area contributed by atoms with E-state index in [4.69, 9.17) is 0 Å². The standard InChI is InChI=1S/C60H48N2/c1-59(2)54-24-14-13-23-50(54)52-36-33-47(39-56(52)59)62(58-25-15-17-43-16-11-12-22-49(43)58)48-34-37-53-51-35-30-42(38-55(51)60(3,4)57(53)40-48)27-26-41-28-31-46(32-29-41)61(44-18-7-5-8-19-44)45-20-9-6-10-21-45/h5-40H,1-4H3/b27-26+. The molecular formula is C60H48N2. The van der Waals surface area contributed by atoms with Crippen LogP contribution in [0, 0.1) is 0 Å². The molecule has 0 radical (unpaired) electrons. The van der Waals surface area contributed by atoms with Crippen LogP contribution in [0.25, 0.3) is 45.2 Å². The predicted molar refractivity (Wildman–Crippen MR) is 264 cm³/mol. The highest BCUT2D eigenvalue weighted by atomic mass is 15.1. The molecule has 2 heteroatoms. The molecule has 0 aliphatic heterocycles. The van der Waals surface area contributed by atoms with Gasteiger partial charge in [0.05, 0.1) is 5.69 Å². The van der Waals surface area contributed by atoms with Crippen LogP contribution in [-0.2, 0) is 10.8 Å². The minimum atomic E-state index is -0.198. The van der Waals surface area contributed by atoms with Crippen LogP contribution in [0.2, 0.25) is 0 Å². The molecule has 2 aliphatic carbocycles. The zero-order chi connectivity index (χ0) is 42.0. The lowest BCUT2D eigenvalue weighted by atomic mass is 9.81. The molecule has 11 rings (SSSR count). The average molecular weight is 797 g/mol. The van der Waals surface area contributed by atoms with Gasteiger partial charge in [-0.25, -0.2) is 0 Å². The van der Waals surface area contributed by atoms with E-state index >= 15 is 0 Å². The Hall–Kier alpha value is -7.42. The van der Waals surface area contributed by atoms with Crippen molar-refractivity contribution < 1.29 is 0 Å². The number of para-hydroxylation sites is 2. The zero-order valence-corrected chi connectivity index (χ0v) is 35.7. The van der Waals surface area contributed by atoms with Crippen LogP contribution < -0.4 is 9.80 Å². The summed E-state index contributed by atoms with van der Waals surface area (Å²) in [5, 5.41) is 2.47. The third-order valence-electron chi connectivity index (χ3n) is 13.4. The van der Waals surface area contributed by atoms with Crippen LogP contribution in [0.1, 0.15) is 61.1 Å². The third kappa shape index (κ3) is 6.17. The lowest BCUT2D eigenvalue weighted by Crippen LogP contribution is -2.18. The monoisotopic (exact) mass is 796 g/mol. The van der Waals surface area contributed by atoms with Gasteiger partial charge in [0.25, 0.3) is 0 Å². The summed E-state index contributed by atoms with van der Waals surface area (Å²) in [5.74, 6) is 0. The maximum atomic E-state index is 2.49. The molecule has 0 unspecified atom stereocenters. The van der Waals surface area contributed by atoms with Crippen molar-refractivity contribution in [1.29, 1.82) is 0 Å². The molecule has 0 amide bonds. The summed E-state index contributed by atoms with van der Waals surface area (Å²) in [6, 6.07) is 75.5. The Bertz CT molecular complexity index is 3130. The van der Waals surface area contributed by atoms with Crippen LogP contribution >= 0.6 is 0 Å². The second-order valence-corrected chi connectivity index (χ2v) is 17.8. The molecule has 2 aliphatic rings. The highest BCUT2D eigenvalue weighted by Crippen LogP contribution is 2.53. The SMILES string of the molecule is CC1(C)c2ccccc2-c2ccc(N(c3ccc4c(c3)C(C)(C)c3cc(/C=C/c5ccc(N(c6ccccc6)c6ccccc6)cc5)ccc3-4)c3cccc4ccccc34)cc21. The Labute approximate surface area is 365 Å². The molecule has 0 aromatic heterocycles. The maximum Gasteiger partial charge on any atom is 0.0540 e. The van der Waals surface area contributed by atoms with Gasteiger partial charge in [0.15, 0.2) is 0 Å². The van der Waals surface area contributed by atoms with E-state index < -0.39 is 0 Å². The summed E-state index contributed by atoms with van der Waals surface area (Å²) in [5.41, 5.74) is 19.7. The lowest BCUT2D eigenvalue weighted by molar-refractivity contribution is 0.660. The lowest BCUT2D eigenvalue weighted by Gasteiger charge is -2.30. The van der Waals surface area contributed by atoms with Crippen molar-refractivity contribution >= 4 is 57.0 Å². The number of nitrogens with zero attached hydrogens (tertiary/aromatic N) is 2. The predicted octanol–water partition coefficient (Wildman–Crippen LogP) is 16.6. The molecule has 298 valence electrons. The highest BCUT2D eigenvalue weighted by molar-refractivity contribution is 6.00. The van der Waals surface area contributed by atoms with Gasteiger partial charge in [-0.15, -0.1) is 0 Å². The van der Waals surface area contributed by atoms with Crippen molar-refractivity contribution in [2.24, 2.45) is 0 Å². The molecular weight excluding hydrogens is 749 g/mol. The third-order valence-corrected chi connectivity index (χ3v) is 13.4. The molecule has 0 bridgehead atoms. The number of anilines is 6. The molecule has 0 heterocycles. The van der Waals surface area contributed by atoms with Gasteiger partial charge in [-0.05, 0) is 128 Å². The van der Waals surface area contributed by atoms with E-state index in [2.05, 4.69) is 256 Å². The summed E-state index contributed by atoms with van der Waals surface area (Å²) in [6.07, 6.45) is 4.48. The molecule has 0 saturated heterocycles. The first-order valence-corrected chi connectivity index (χ1v) is 21.8. The van der Waals surface area contributed by atoms with Crippen LogP contribution in [0.5, 0.6) is 0 Å². The Kier molecular flexibility index (Phi) is 8.87. The molecule has 0 fully saturated rings. The Morgan fingerprint density at radius 1 is 0.323 bits per heavy atom. The van der Waals surface area contributed by atoms with Gasteiger partial charge >= 0.3 is 0 Å². The van der Waals surface area contributed by atoms with Crippen molar-refractivity contribution in [3.63, 3.8) is 0 Å². The van der Waals surface area contributed by atoms with Gasteiger partial charge in [-0.1, -0.05) is 179 Å². The van der Waals surface area contributed by atoms with E-state index in [1.807, 2.05) is 0 Å². The van der Waals surface area contributed by atoms with E-state index in [-0.39, 0.29) is 10.8 Å². The Morgan fingerprint density at radius 2 is 0.774 bits per heavy atom. The zero-order valence-electron chi connectivity index (χ0n) is 35.7. The van der Waals surface area contributed by atoms with Crippen molar-refractivity contribution in [2.45, 2.75) is 38.5 Å². The number of hydrogen-bond acceptors (Lipinski definition) is 2. The first kappa shape index (κ1) is 37.6. The average Bonchev–Trinajstić information content (AvgIpc) is 3.68. The molecule has 9 aromatic rings.